The summed E-state index contributed by atoms with van der Waals surface area (Å²) in [6.45, 7) is 0.600. The third-order valence-corrected chi connectivity index (χ3v) is 4.31. The SMILES string of the molecule is N/C(=N/O)C1CCCN1C(=O)c1cc(Cl)ccc1I. The highest BCUT2D eigenvalue weighted by Gasteiger charge is 2.33. The first kappa shape index (κ1) is 14.4. The van der Waals surface area contributed by atoms with Gasteiger partial charge in [-0.2, -0.15) is 0 Å². The van der Waals surface area contributed by atoms with Crippen molar-refractivity contribution >= 4 is 45.9 Å². The van der Waals surface area contributed by atoms with Crippen LogP contribution < -0.4 is 5.73 Å². The average molecular weight is 394 g/mol. The van der Waals surface area contributed by atoms with Gasteiger partial charge in [-0.15, -0.1) is 0 Å². The Balaban J connectivity index is 2.31. The number of nitrogens with two attached hydrogens (primary N) is 1. The highest BCUT2D eigenvalue weighted by atomic mass is 127. The molecule has 0 radical (unpaired) electrons. The van der Waals surface area contributed by atoms with Crippen molar-refractivity contribution in [2.45, 2.75) is 18.9 Å². The molecule has 102 valence electrons. The molecule has 1 saturated heterocycles. The van der Waals surface area contributed by atoms with Gasteiger partial charge in [0, 0.05) is 15.1 Å². The predicted molar refractivity (Wildman–Crippen MR) is 81.6 cm³/mol. The van der Waals surface area contributed by atoms with E-state index in [4.69, 9.17) is 22.5 Å². The van der Waals surface area contributed by atoms with E-state index in [1.54, 1.807) is 23.1 Å². The Morgan fingerprint density at radius 1 is 1.58 bits per heavy atom. The number of nitrogens with zero attached hydrogens (tertiary/aromatic N) is 2. The molecule has 1 unspecified atom stereocenters. The zero-order valence-electron chi connectivity index (χ0n) is 10.0. The van der Waals surface area contributed by atoms with Crippen molar-refractivity contribution in [3.8, 4) is 0 Å². The fourth-order valence-electron chi connectivity index (χ4n) is 2.20. The number of hydrogen-bond acceptors (Lipinski definition) is 3. The summed E-state index contributed by atoms with van der Waals surface area (Å²) in [5, 5.41) is 12.3. The number of halogens is 2. The molecule has 1 aliphatic rings. The number of amidine groups is 1. The fourth-order valence-corrected chi connectivity index (χ4v) is 2.94. The molecule has 1 atom stereocenters. The van der Waals surface area contributed by atoms with Crippen molar-refractivity contribution in [1.82, 2.24) is 4.90 Å². The smallest absolute Gasteiger partial charge is 0.255 e. The third kappa shape index (κ3) is 2.94. The number of likely N-dealkylation sites (tertiary alicyclic amines) is 1. The molecule has 1 aromatic carbocycles. The van der Waals surface area contributed by atoms with E-state index in [9.17, 15) is 4.79 Å². The molecular weight excluding hydrogens is 381 g/mol. The van der Waals surface area contributed by atoms with E-state index >= 15 is 0 Å². The van der Waals surface area contributed by atoms with Gasteiger partial charge in [-0.05, 0) is 53.6 Å². The zero-order valence-corrected chi connectivity index (χ0v) is 12.9. The molecule has 19 heavy (non-hydrogen) atoms. The molecule has 0 saturated carbocycles. The Morgan fingerprint density at radius 3 is 3.00 bits per heavy atom. The Morgan fingerprint density at radius 2 is 2.32 bits per heavy atom. The summed E-state index contributed by atoms with van der Waals surface area (Å²) in [4.78, 5) is 14.1. The van der Waals surface area contributed by atoms with Gasteiger partial charge in [0.05, 0.1) is 11.6 Å². The van der Waals surface area contributed by atoms with Crippen LogP contribution in [0, 0.1) is 3.57 Å². The van der Waals surface area contributed by atoms with Gasteiger partial charge in [0.2, 0.25) is 0 Å². The normalized spacial score (nSPS) is 19.8. The second-order valence-electron chi connectivity index (χ2n) is 4.31. The van der Waals surface area contributed by atoms with Gasteiger partial charge in [-0.3, -0.25) is 4.79 Å². The molecule has 5 nitrogen and oxygen atoms in total. The lowest BCUT2D eigenvalue weighted by atomic mass is 10.1. The maximum Gasteiger partial charge on any atom is 0.255 e. The molecule has 1 aliphatic heterocycles. The summed E-state index contributed by atoms with van der Waals surface area (Å²) in [7, 11) is 0. The number of rotatable bonds is 2. The van der Waals surface area contributed by atoms with E-state index in [0.29, 0.717) is 23.6 Å². The van der Waals surface area contributed by atoms with Crippen molar-refractivity contribution in [2.24, 2.45) is 10.9 Å². The van der Waals surface area contributed by atoms with Gasteiger partial charge in [0.25, 0.3) is 5.91 Å². The van der Waals surface area contributed by atoms with E-state index < -0.39 is 0 Å². The first-order valence-corrected chi connectivity index (χ1v) is 7.23. The standard InChI is InChI=1S/C12H13ClIN3O2/c13-7-3-4-9(14)8(6-7)12(18)17-5-1-2-10(17)11(15)16-19/h3-4,6,10,19H,1-2,5H2,(H2,15,16). The molecule has 3 N–H and O–H groups in total. The highest BCUT2D eigenvalue weighted by molar-refractivity contribution is 14.1. The van der Waals surface area contributed by atoms with E-state index in [1.807, 2.05) is 0 Å². The highest BCUT2D eigenvalue weighted by Crippen LogP contribution is 2.24. The van der Waals surface area contributed by atoms with Crippen molar-refractivity contribution in [1.29, 1.82) is 0 Å². The summed E-state index contributed by atoms with van der Waals surface area (Å²) in [5.74, 6) is -0.0658. The van der Waals surface area contributed by atoms with Crippen LogP contribution >= 0.6 is 34.2 Å². The van der Waals surface area contributed by atoms with Crippen LogP contribution in [0.25, 0.3) is 0 Å². The number of benzene rings is 1. The van der Waals surface area contributed by atoms with E-state index in [0.717, 1.165) is 9.99 Å². The minimum Gasteiger partial charge on any atom is -0.409 e. The Bertz CT molecular complexity index is 536. The minimum atomic E-state index is -0.340. The van der Waals surface area contributed by atoms with Gasteiger partial charge in [0.15, 0.2) is 5.84 Å². The monoisotopic (exact) mass is 393 g/mol. The first-order chi connectivity index (χ1) is 9.04. The van der Waals surface area contributed by atoms with E-state index in [-0.39, 0.29) is 17.8 Å². The van der Waals surface area contributed by atoms with Gasteiger partial charge in [-0.1, -0.05) is 16.8 Å². The second kappa shape index (κ2) is 5.96. The minimum absolute atomic E-state index is 0.0721. The van der Waals surface area contributed by atoms with Crippen LogP contribution in [0.4, 0.5) is 0 Å². The summed E-state index contributed by atoms with van der Waals surface area (Å²) in [6, 6.07) is 4.84. The molecule has 0 spiro atoms. The Kier molecular flexibility index (Phi) is 4.51. The Hall–Kier alpha value is -1.02. The van der Waals surface area contributed by atoms with Crippen LogP contribution in [-0.2, 0) is 0 Å². The van der Waals surface area contributed by atoms with Crippen LogP contribution in [0.1, 0.15) is 23.2 Å². The summed E-state index contributed by atoms with van der Waals surface area (Å²) in [6.07, 6.45) is 1.54. The maximum atomic E-state index is 12.5. The summed E-state index contributed by atoms with van der Waals surface area (Å²) in [5.41, 5.74) is 6.18. The molecule has 1 aromatic rings. The third-order valence-electron chi connectivity index (χ3n) is 3.13. The number of carbonyl (C=O) groups excluding carboxylic acids is 1. The first-order valence-electron chi connectivity index (χ1n) is 5.78. The largest absolute Gasteiger partial charge is 0.409 e. The Labute approximate surface area is 129 Å². The summed E-state index contributed by atoms with van der Waals surface area (Å²) < 4.78 is 0.831. The van der Waals surface area contributed by atoms with Crippen LogP contribution in [0.2, 0.25) is 5.02 Å². The van der Waals surface area contributed by atoms with Gasteiger partial charge in [0.1, 0.15) is 0 Å². The maximum absolute atomic E-state index is 12.5. The molecule has 7 heteroatoms. The van der Waals surface area contributed by atoms with Gasteiger partial charge < -0.3 is 15.8 Å². The number of hydrogen-bond donors (Lipinski definition) is 2. The molecule has 1 amide bonds. The number of oxime groups is 1. The van der Waals surface area contributed by atoms with E-state index in [1.165, 1.54) is 0 Å². The number of amides is 1. The van der Waals surface area contributed by atoms with Crippen LogP contribution in [-0.4, -0.2) is 34.4 Å². The molecule has 1 heterocycles. The molecular formula is C12H13ClIN3O2. The molecule has 1 fully saturated rings. The molecule has 0 bridgehead atoms. The molecule has 0 aliphatic carbocycles. The molecule has 0 aromatic heterocycles. The van der Waals surface area contributed by atoms with Crippen LogP contribution in [0.3, 0.4) is 0 Å². The average Bonchev–Trinajstić information content (AvgIpc) is 2.89. The summed E-state index contributed by atoms with van der Waals surface area (Å²) >= 11 is 8.03. The quantitative estimate of drug-likeness (QED) is 0.266. The van der Waals surface area contributed by atoms with Crippen molar-refractivity contribution < 1.29 is 10.0 Å². The second-order valence-corrected chi connectivity index (χ2v) is 5.90. The lowest BCUT2D eigenvalue weighted by Gasteiger charge is -2.24. The lowest BCUT2D eigenvalue weighted by molar-refractivity contribution is 0.0767. The van der Waals surface area contributed by atoms with Gasteiger partial charge >= 0.3 is 0 Å². The van der Waals surface area contributed by atoms with Gasteiger partial charge in [-0.25, -0.2) is 0 Å². The van der Waals surface area contributed by atoms with Crippen LogP contribution in [0.5, 0.6) is 0 Å². The van der Waals surface area contributed by atoms with Crippen LogP contribution in [0.15, 0.2) is 23.4 Å². The topological polar surface area (TPSA) is 78.9 Å². The van der Waals surface area contributed by atoms with E-state index in [2.05, 4.69) is 27.7 Å². The number of carbonyl (C=O) groups is 1. The van der Waals surface area contributed by atoms with Crippen molar-refractivity contribution in [3.63, 3.8) is 0 Å². The zero-order chi connectivity index (χ0) is 14.0. The van der Waals surface area contributed by atoms with Crippen molar-refractivity contribution in [2.75, 3.05) is 6.54 Å². The fraction of sp³-hybridized carbons (Fsp3) is 0.333. The predicted octanol–water partition coefficient (Wildman–Crippen LogP) is 2.30. The molecule has 2 rings (SSSR count). The lowest BCUT2D eigenvalue weighted by Crippen LogP contribution is -2.44. The van der Waals surface area contributed by atoms with Crippen molar-refractivity contribution in [3.05, 3.63) is 32.4 Å².